The second-order valence-electron chi connectivity index (χ2n) is 4.47. The van der Waals surface area contributed by atoms with E-state index in [0.717, 1.165) is 29.9 Å². The number of anilines is 2. The van der Waals surface area contributed by atoms with Gasteiger partial charge in [0.1, 0.15) is 17.5 Å². The number of hydrogen-bond donors (Lipinski definition) is 2. The summed E-state index contributed by atoms with van der Waals surface area (Å²) in [5, 5.41) is 6.46. The van der Waals surface area contributed by atoms with E-state index in [1.165, 1.54) is 25.7 Å². The van der Waals surface area contributed by atoms with Crippen LogP contribution in [0, 0.1) is 12.8 Å². The molecular weight excluding hydrogens is 200 g/mol. The molecule has 1 heterocycles. The van der Waals surface area contributed by atoms with Crippen LogP contribution in [0.25, 0.3) is 0 Å². The Kier molecular flexibility index (Phi) is 3.59. The van der Waals surface area contributed by atoms with Gasteiger partial charge in [-0.25, -0.2) is 9.97 Å². The molecule has 1 fully saturated rings. The van der Waals surface area contributed by atoms with Gasteiger partial charge in [-0.1, -0.05) is 12.8 Å². The van der Waals surface area contributed by atoms with Crippen molar-refractivity contribution in [3.05, 3.63) is 11.9 Å². The number of rotatable bonds is 4. The van der Waals surface area contributed by atoms with Crippen LogP contribution in [0.4, 0.5) is 11.6 Å². The van der Waals surface area contributed by atoms with Gasteiger partial charge in [0.2, 0.25) is 0 Å². The van der Waals surface area contributed by atoms with Crippen molar-refractivity contribution in [2.75, 3.05) is 24.2 Å². The van der Waals surface area contributed by atoms with Crippen molar-refractivity contribution in [3.8, 4) is 0 Å². The molecule has 2 rings (SSSR count). The number of nitrogens with one attached hydrogen (secondary N) is 2. The molecule has 2 N–H and O–H groups in total. The summed E-state index contributed by atoms with van der Waals surface area (Å²) < 4.78 is 0. The van der Waals surface area contributed by atoms with Crippen molar-refractivity contribution in [1.29, 1.82) is 0 Å². The lowest BCUT2D eigenvalue weighted by Crippen LogP contribution is -2.12. The van der Waals surface area contributed by atoms with E-state index in [4.69, 9.17) is 0 Å². The first-order chi connectivity index (χ1) is 7.78. The maximum atomic E-state index is 4.38. The molecule has 1 aliphatic rings. The zero-order valence-corrected chi connectivity index (χ0v) is 10.1. The molecule has 1 aromatic heterocycles. The highest BCUT2D eigenvalue weighted by Crippen LogP contribution is 2.24. The van der Waals surface area contributed by atoms with Crippen molar-refractivity contribution in [2.45, 2.75) is 32.6 Å². The average molecular weight is 220 g/mol. The highest BCUT2D eigenvalue weighted by Gasteiger charge is 2.14. The first-order valence-electron chi connectivity index (χ1n) is 6.05. The molecule has 4 nitrogen and oxygen atoms in total. The molecule has 0 aliphatic heterocycles. The van der Waals surface area contributed by atoms with E-state index < -0.39 is 0 Å². The molecule has 88 valence electrons. The Morgan fingerprint density at radius 1 is 1.25 bits per heavy atom. The Labute approximate surface area is 96.9 Å². The van der Waals surface area contributed by atoms with Gasteiger partial charge in [0.25, 0.3) is 0 Å². The molecular formula is C12H20N4. The van der Waals surface area contributed by atoms with Crippen LogP contribution in [0.2, 0.25) is 0 Å². The van der Waals surface area contributed by atoms with Crippen molar-refractivity contribution in [2.24, 2.45) is 5.92 Å². The van der Waals surface area contributed by atoms with Crippen molar-refractivity contribution in [1.82, 2.24) is 9.97 Å². The molecule has 0 atom stereocenters. The predicted octanol–water partition coefficient (Wildman–Crippen LogP) is 2.43. The maximum Gasteiger partial charge on any atom is 0.131 e. The third-order valence-corrected chi connectivity index (χ3v) is 3.14. The molecule has 4 heteroatoms. The maximum absolute atomic E-state index is 4.38. The molecule has 0 radical (unpaired) electrons. The van der Waals surface area contributed by atoms with Gasteiger partial charge in [0, 0.05) is 19.7 Å². The van der Waals surface area contributed by atoms with Crippen LogP contribution in [-0.4, -0.2) is 23.6 Å². The molecule has 0 spiro atoms. The van der Waals surface area contributed by atoms with Gasteiger partial charge >= 0.3 is 0 Å². The van der Waals surface area contributed by atoms with Crippen molar-refractivity contribution >= 4 is 11.6 Å². The van der Waals surface area contributed by atoms with Crippen molar-refractivity contribution in [3.63, 3.8) is 0 Å². The summed E-state index contributed by atoms with van der Waals surface area (Å²) in [6.45, 7) is 2.96. The Balaban J connectivity index is 1.94. The second kappa shape index (κ2) is 5.14. The van der Waals surface area contributed by atoms with E-state index >= 15 is 0 Å². The van der Waals surface area contributed by atoms with Gasteiger partial charge in [0.05, 0.1) is 0 Å². The quantitative estimate of drug-likeness (QED) is 0.818. The van der Waals surface area contributed by atoms with E-state index in [9.17, 15) is 0 Å². The fraction of sp³-hybridized carbons (Fsp3) is 0.667. The normalized spacial score (nSPS) is 16.4. The summed E-state index contributed by atoms with van der Waals surface area (Å²) >= 11 is 0. The molecule has 1 aromatic rings. The minimum Gasteiger partial charge on any atom is -0.373 e. The summed E-state index contributed by atoms with van der Waals surface area (Å²) in [5.74, 6) is 3.44. The SMILES string of the molecule is CNc1cc(NCC2CCCC2)nc(C)n1. The fourth-order valence-corrected chi connectivity index (χ4v) is 2.25. The minimum absolute atomic E-state index is 0.806. The topological polar surface area (TPSA) is 49.8 Å². The molecule has 1 aliphatic carbocycles. The van der Waals surface area contributed by atoms with Crippen molar-refractivity contribution < 1.29 is 0 Å². The van der Waals surface area contributed by atoms with E-state index in [1.807, 2.05) is 20.0 Å². The third-order valence-electron chi connectivity index (χ3n) is 3.14. The zero-order chi connectivity index (χ0) is 11.4. The summed E-state index contributed by atoms with van der Waals surface area (Å²) in [5.41, 5.74) is 0. The number of hydrogen-bond acceptors (Lipinski definition) is 4. The predicted molar refractivity (Wildman–Crippen MR) is 66.8 cm³/mol. The summed E-state index contributed by atoms with van der Waals surface area (Å²) in [4.78, 5) is 8.65. The Morgan fingerprint density at radius 3 is 2.62 bits per heavy atom. The molecule has 0 unspecified atom stereocenters. The Hall–Kier alpha value is -1.32. The van der Waals surface area contributed by atoms with Gasteiger partial charge in [0.15, 0.2) is 0 Å². The first kappa shape index (κ1) is 11.2. The van der Waals surface area contributed by atoms with Gasteiger partial charge in [-0.2, -0.15) is 0 Å². The average Bonchev–Trinajstić information content (AvgIpc) is 2.78. The number of nitrogens with zero attached hydrogens (tertiary/aromatic N) is 2. The smallest absolute Gasteiger partial charge is 0.131 e. The van der Waals surface area contributed by atoms with Crippen LogP contribution in [0.3, 0.4) is 0 Å². The minimum atomic E-state index is 0.806. The van der Waals surface area contributed by atoms with Gasteiger partial charge < -0.3 is 10.6 Å². The molecule has 0 amide bonds. The van der Waals surface area contributed by atoms with E-state index in [-0.39, 0.29) is 0 Å². The molecule has 0 aromatic carbocycles. The van der Waals surface area contributed by atoms with Crippen LogP contribution in [0.5, 0.6) is 0 Å². The van der Waals surface area contributed by atoms with E-state index in [1.54, 1.807) is 0 Å². The highest BCUT2D eigenvalue weighted by molar-refractivity contribution is 5.47. The van der Waals surface area contributed by atoms with Crippen LogP contribution in [0.15, 0.2) is 6.07 Å². The summed E-state index contributed by atoms with van der Waals surface area (Å²) in [6, 6.07) is 1.96. The Bertz CT molecular complexity index is 345. The number of aryl methyl sites for hydroxylation is 1. The van der Waals surface area contributed by atoms with E-state index in [2.05, 4.69) is 20.6 Å². The third kappa shape index (κ3) is 2.84. The lowest BCUT2D eigenvalue weighted by Gasteiger charge is -2.12. The fourth-order valence-electron chi connectivity index (χ4n) is 2.25. The second-order valence-corrected chi connectivity index (χ2v) is 4.47. The van der Waals surface area contributed by atoms with Gasteiger partial charge in [-0.15, -0.1) is 0 Å². The van der Waals surface area contributed by atoms with Crippen LogP contribution < -0.4 is 10.6 Å². The van der Waals surface area contributed by atoms with Crippen LogP contribution in [-0.2, 0) is 0 Å². The van der Waals surface area contributed by atoms with E-state index in [0.29, 0.717) is 0 Å². The Morgan fingerprint density at radius 2 is 1.94 bits per heavy atom. The monoisotopic (exact) mass is 220 g/mol. The lowest BCUT2D eigenvalue weighted by molar-refractivity contribution is 0.578. The van der Waals surface area contributed by atoms with Gasteiger partial charge in [-0.05, 0) is 25.7 Å². The number of aromatic nitrogens is 2. The summed E-state index contributed by atoms with van der Waals surface area (Å²) in [6.07, 6.45) is 5.49. The molecule has 1 saturated carbocycles. The largest absolute Gasteiger partial charge is 0.373 e. The highest BCUT2D eigenvalue weighted by atomic mass is 15.1. The molecule has 0 saturated heterocycles. The van der Waals surface area contributed by atoms with Gasteiger partial charge in [-0.3, -0.25) is 0 Å². The lowest BCUT2D eigenvalue weighted by atomic mass is 10.1. The molecule has 0 bridgehead atoms. The summed E-state index contributed by atoms with van der Waals surface area (Å²) in [7, 11) is 1.88. The van der Waals surface area contributed by atoms with Crippen LogP contribution in [0.1, 0.15) is 31.5 Å². The standard InChI is InChI=1S/C12H20N4/c1-9-15-11(13-2)7-12(16-9)14-8-10-5-3-4-6-10/h7,10H,3-6,8H2,1-2H3,(H2,13,14,15,16). The first-order valence-corrected chi connectivity index (χ1v) is 6.05. The zero-order valence-electron chi connectivity index (χ0n) is 10.1. The van der Waals surface area contributed by atoms with Crippen LogP contribution >= 0.6 is 0 Å². The molecule has 16 heavy (non-hydrogen) atoms.